The molecule has 2 aliphatic rings. The molecule has 13 nitrogen and oxygen atoms in total. The summed E-state index contributed by atoms with van der Waals surface area (Å²) in [6.07, 6.45) is 12.2. The van der Waals surface area contributed by atoms with Crippen LogP contribution >= 0.6 is 0 Å². The molecule has 8 aromatic carbocycles. The molecule has 0 spiro atoms. The van der Waals surface area contributed by atoms with Crippen LogP contribution in [-0.4, -0.2) is 48.1 Å². The zero-order valence-electron chi connectivity index (χ0n) is 54.3. The molecule has 0 atom stereocenters. The lowest BCUT2D eigenvalue weighted by Gasteiger charge is -2.09. The normalized spacial score (nSPS) is 11.5. The summed E-state index contributed by atoms with van der Waals surface area (Å²) in [5, 5.41) is 0. The number of fused-ring (bicyclic) bond motifs is 8. The van der Waals surface area contributed by atoms with Gasteiger partial charge in [-0.2, -0.15) is 0 Å². The topological polar surface area (TPSA) is 246 Å². The summed E-state index contributed by atoms with van der Waals surface area (Å²) in [6, 6.07) is 74.5. The quantitative estimate of drug-likeness (QED) is 0.0356. The van der Waals surface area contributed by atoms with Gasteiger partial charge >= 0.3 is 0 Å². The van der Waals surface area contributed by atoms with E-state index in [-0.39, 0.29) is 74.5 Å². The van der Waals surface area contributed by atoms with E-state index in [1.165, 1.54) is 5.69 Å². The first-order chi connectivity index (χ1) is 47.6. The molecule has 13 heteroatoms. The van der Waals surface area contributed by atoms with Gasteiger partial charge in [0.2, 0.25) is 0 Å². The number of aryl methyl sites for hydroxylation is 1. The number of hydrogen-bond donors (Lipinski definition) is 7. The van der Waals surface area contributed by atoms with Crippen molar-refractivity contribution in [1.82, 2.24) is 24.9 Å². The summed E-state index contributed by atoms with van der Waals surface area (Å²) in [5.41, 5.74) is 47.8. The number of nitrogens with two attached hydrogens (primary N) is 4. The average molecular weight is 1280 g/mol. The molecule has 12 aromatic rings. The summed E-state index contributed by atoms with van der Waals surface area (Å²) in [4.78, 5) is 75.7. The number of anilines is 4. The summed E-state index contributed by atoms with van der Waals surface area (Å²) in [7, 11) is 0. The van der Waals surface area contributed by atoms with E-state index in [0.29, 0.717) is 45.5 Å². The third kappa shape index (κ3) is 15.7. The third-order valence-electron chi connectivity index (χ3n) is 17.5. The van der Waals surface area contributed by atoms with E-state index in [4.69, 9.17) is 32.9 Å². The van der Waals surface area contributed by atoms with Crippen LogP contribution in [0.5, 0.6) is 0 Å². The second-order valence-electron chi connectivity index (χ2n) is 25.2. The molecule has 0 amide bonds. The predicted octanol–water partition coefficient (Wildman–Crippen LogP) is 16.4. The number of ketones is 4. The Bertz CT molecular complexity index is 4600. The Kier molecular flexibility index (Phi) is 19.0. The number of nitrogens with zero attached hydrogens (tertiary/aromatic N) is 2. The molecule has 0 saturated heterocycles. The van der Waals surface area contributed by atoms with Gasteiger partial charge in [0.15, 0.2) is 0 Å². The summed E-state index contributed by atoms with van der Waals surface area (Å²) < 4.78 is 0. The van der Waals surface area contributed by atoms with Crippen LogP contribution in [-0.2, 0) is 70.5 Å². The second-order valence-corrected chi connectivity index (χ2v) is 25.2. The van der Waals surface area contributed by atoms with E-state index in [1.807, 2.05) is 244 Å². The highest BCUT2D eigenvalue weighted by atomic mass is 16.1. The molecule has 14 rings (SSSR count). The molecular formula is C85H73N9O4. The number of rotatable bonds is 20. The number of hydrogen-bond acceptors (Lipinski definition) is 10. The molecule has 2 aliphatic heterocycles. The minimum Gasteiger partial charge on any atom is -0.399 e. The Morgan fingerprint density at radius 3 is 0.745 bits per heavy atom. The Labute approximate surface area is 568 Å². The summed E-state index contributed by atoms with van der Waals surface area (Å²) in [5.74, 6) is 0.304. The maximum Gasteiger partial charge on any atom is 0.141 e. The van der Waals surface area contributed by atoms with Crippen molar-refractivity contribution in [3.63, 3.8) is 0 Å². The number of carbonyl (C=O) groups excluding carboxylic acids is 4. The fourth-order valence-corrected chi connectivity index (χ4v) is 12.9. The van der Waals surface area contributed by atoms with Crippen LogP contribution < -0.4 is 22.9 Å². The van der Waals surface area contributed by atoms with Gasteiger partial charge in [-0.1, -0.05) is 146 Å². The number of H-pyrrole nitrogens is 3. The van der Waals surface area contributed by atoms with Gasteiger partial charge in [0.05, 0.1) is 22.8 Å². The molecule has 98 heavy (non-hydrogen) atoms. The van der Waals surface area contributed by atoms with Crippen LogP contribution in [0, 0.1) is 6.92 Å². The fourth-order valence-electron chi connectivity index (χ4n) is 12.9. The SMILES string of the molecule is Cc1ccc[nH]1.Nc1cccc(CC(=O)Cc2ccc(-c3c4nc(c(-c5ccc(CC(=O)Cc6cccc(N)c6)cc5)c5ccc([nH]5)c(-c5ccc(CC(=O)Cc6cccc(N)c6)cc5)c5nc(c(-c6ccc(CC(=O)Cc7cccc(N)c7)cc6)c6ccc3[nH]6)C=C5)C=C4)cc2)c1. The van der Waals surface area contributed by atoms with E-state index in [0.717, 1.165) is 111 Å². The van der Waals surface area contributed by atoms with Crippen molar-refractivity contribution in [2.45, 2.75) is 58.3 Å². The van der Waals surface area contributed by atoms with Crippen molar-refractivity contribution < 1.29 is 19.2 Å². The highest BCUT2D eigenvalue weighted by molar-refractivity contribution is 6.00. The molecule has 0 fully saturated rings. The molecule has 11 N–H and O–H groups in total. The molecule has 4 aromatic heterocycles. The largest absolute Gasteiger partial charge is 0.399 e. The van der Waals surface area contributed by atoms with Crippen LogP contribution in [0.2, 0.25) is 0 Å². The van der Waals surface area contributed by atoms with Crippen molar-refractivity contribution in [2.24, 2.45) is 0 Å². The first-order valence-electron chi connectivity index (χ1n) is 32.7. The van der Waals surface area contributed by atoms with Gasteiger partial charge in [0.1, 0.15) is 23.1 Å². The molecule has 0 saturated carbocycles. The molecule has 0 unspecified atom stereocenters. The number of aromatic nitrogens is 5. The number of Topliss-reactive ketones (excluding diaryl/α,β-unsaturated/α-hetero) is 4. The van der Waals surface area contributed by atoms with E-state index in [1.54, 1.807) is 0 Å². The van der Waals surface area contributed by atoms with Gasteiger partial charge in [-0.15, -0.1) is 0 Å². The van der Waals surface area contributed by atoms with Crippen LogP contribution in [0.3, 0.4) is 0 Å². The van der Waals surface area contributed by atoms with Crippen molar-refractivity contribution in [1.29, 1.82) is 0 Å². The van der Waals surface area contributed by atoms with Crippen molar-refractivity contribution in [3.05, 3.63) is 310 Å². The number of nitrogens with one attached hydrogen (secondary N) is 3. The molecular weight excluding hydrogens is 1210 g/mol. The van der Waals surface area contributed by atoms with Gasteiger partial charge in [0, 0.05) is 130 Å². The van der Waals surface area contributed by atoms with Gasteiger partial charge < -0.3 is 37.9 Å². The maximum absolute atomic E-state index is 13.5. The highest BCUT2D eigenvalue weighted by Gasteiger charge is 2.21. The number of nitrogen functional groups attached to an aromatic ring is 4. The highest BCUT2D eigenvalue weighted by Crippen LogP contribution is 2.39. The molecule has 482 valence electrons. The van der Waals surface area contributed by atoms with Gasteiger partial charge in [-0.05, 0) is 183 Å². The van der Waals surface area contributed by atoms with Crippen LogP contribution in [0.25, 0.3) is 90.9 Å². The lowest BCUT2D eigenvalue weighted by atomic mass is 9.98. The fraction of sp³-hybridized carbons (Fsp3) is 0.106. The van der Waals surface area contributed by atoms with Crippen LogP contribution in [0.1, 0.15) is 73.0 Å². The molecule has 0 radical (unpaired) electrons. The van der Waals surface area contributed by atoms with Gasteiger partial charge in [0.25, 0.3) is 0 Å². The first kappa shape index (κ1) is 64.2. The van der Waals surface area contributed by atoms with E-state index in [9.17, 15) is 19.2 Å². The molecule has 6 heterocycles. The maximum atomic E-state index is 13.5. The molecule has 8 bridgehead atoms. The van der Waals surface area contributed by atoms with E-state index < -0.39 is 0 Å². The second kappa shape index (κ2) is 29.0. The summed E-state index contributed by atoms with van der Waals surface area (Å²) in [6.45, 7) is 2.03. The van der Waals surface area contributed by atoms with Crippen molar-refractivity contribution in [3.8, 4) is 44.5 Å². The Hall–Kier alpha value is -12.5. The number of carbonyl (C=O) groups is 4. The van der Waals surface area contributed by atoms with Gasteiger partial charge in [-0.3, -0.25) is 19.2 Å². The zero-order chi connectivity index (χ0) is 67.7. The van der Waals surface area contributed by atoms with Crippen molar-refractivity contribution in [2.75, 3.05) is 22.9 Å². The minimum atomic E-state index is 0.0760. The lowest BCUT2D eigenvalue weighted by molar-refractivity contribution is -0.118. The average Bonchev–Trinajstić information content (AvgIpc) is 1.61. The number of benzene rings is 8. The monoisotopic (exact) mass is 1280 g/mol. The Morgan fingerprint density at radius 2 is 0.541 bits per heavy atom. The summed E-state index contributed by atoms with van der Waals surface area (Å²) >= 11 is 0. The van der Waals surface area contributed by atoms with Crippen LogP contribution in [0.4, 0.5) is 22.7 Å². The predicted molar refractivity (Wildman–Crippen MR) is 399 cm³/mol. The van der Waals surface area contributed by atoms with Crippen molar-refractivity contribution >= 4 is 92.3 Å². The third-order valence-corrected chi connectivity index (χ3v) is 17.5. The Balaban J connectivity index is 0.00000137. The lowest BCUT2D eigenvalue weighted by Crippen LogP contribution is -2.06. The molecule has 0 aliphatic carbocycles. The smallest absolute Gasteiger partial charge is 0.141 e. The van der Waals surface area contributed by atoms with Gasteiger partial charge in [-0.25, -0.2) is 9.97 Å². The van der Waals surface area contributed by atoms with E-state index in [2.05, 4.69) is 39.2 Å². The first-order valence-corrected chi connectivity index (χ1v) is 32.7. The standard InChI is InChI=1S/C80H66N8O4.C5H7N/c81-61-9-1-5-53(37-61)45-65(89)41-49-13-21-57(22-14-49)77-69-29-31-71(85-69)78(58-23-15-50(16-24-58)42-66(90)46-54-6-2-10-62(82)38-54)73-33-35-75(87-73)80(60-27-19-52(20-28-60)44-68(92)48-56-8-4-12-64(84)40-56)76-36-34-74(88-76)79(72-32-30-70(77)86-72)59-25-17-51(18-26-59)43-67(91)47-55-7-3-11-63(83)39-55;1-5-3-2-4-6-5/h1-40,85,88H,41-48,81-84H2;2-4,6H,1H3. The number of aromatic amines is 3. The van der Waals surface area contributed by atoms with Crippen LogP contribution in [0.15, 0.2) is 237 Å². The zero-order valence-corrected chi connectivity index (χ0v) is 54.3. The van der Waals surface area contributed by atoms with E-state index >= 15 is 0 Å². The Morgan fingerprint density at radius 1 is 0.296 bits per heavy atom. The minimum absolute atomic E-state index is 0.0760.